The lowest BCUT2D eigenvalue weighted by molar-refractivity contribution is -0.259. The fraction of sp³-hybridized carbons (Fsp3) is 0.912. The molecule has 18 nitrogen and oxygen atoms in total. The molecule has 0 saturated heterocycles. The Kier molecular flexibility index (Phi) is 49.4. The highest BCUT2D eigenvalue weighted by molar-refractivity contribution is 5.76. The Morgan fingerprint density at radius 3 is 0.941 bits per heavy atom. The van der Waals surface area contributed by atoms with Crippen LogP contribution in [0.15, 0.2) is 0 Å². The van der Waals surface area contributed by atoms with Crippen molar-refractivity contribution in [1.29, 1.82) is 0 Å². The minimum Gasteiger partial charge on any atom is -0.463 e. The largest absolute Gasteiger partial charge is 0.463 e. The molecule has 5 saturated carbocycles. The first-order chi connectivity index (χ1) is 46.9. The van der Waals surface area contributed by atoms with Crippen LogP contribution in [-0.4, -0.2) is 137 Å². The highest BCUT2D eigenvalue weighted by Gasteiger charge is 2.55. The molecule has 596 valence electrons. The zero-order valence-corrected chi connectivity index (χ0v) is 67.3. The van der Waals surface area contributed by atoms with Crippen molar-refractivity contribution in [1.82, 2.24) is 0 Å². The van der Waals surface area contributed by atoms with Gasteiger partial charge in [0.2, 0.25) is 0 Å². The van der Waals surface area contributed by atoms with E-state index in [1.54, 1.807) is 20.8 Å². The van der Waals surface area contributed by atoms with Crippen molar-refractivity contribution in [3.8, 4) is 0 Å². The molecule has 0 amide bonds. The number of aliphatic hydroxyl groups excluding tert-OH is 3. The molecule has 0 aliphatic heterocycles. The summed E-state index contributed by atoms with van der Waals surface area (Å²) in [5.74, 6) is 0.545. The van der Waals surface area contributed by atoms with Crippen molar-refractivity contribution in [3.05, 3.63) is 0 Å². The van der Waals surface area contributed by atoms with Crippen LogP contribution >= 0.6 is 0 Å². The summed E-state index contributed by atoms with van der Waals surface area (Å²) >= 11 is 0. The second kappa shape index (κ2) is 50.4. The molecule has 0 heterocycles. The minimum absolute atomic E-state index is 0.0296. The van der Waals surface area contributed by atoms with Gasteiger partial charge in [-0.3, -0.25) is 33.6 Å². The van der Waals surface area contributed by atoms with Crippen molar-refractivity contribution in [2.24, 2.45) is 76.4 Å². The van der Waals surface area contributed by atoms with E-state index in [1.165, 1.54) is 96.3 Å². The van der Waals surface area contributed by atoms with E-state index >= 15 is 0 Å². The van der Waals surface area contributed by atoms with Gasteiger partial charge in [0, 0.05) is 0 Å². The van der Waals surface area contributed by atoms with Crippen LogP contribution in [0.3, 0.4) is 0 Å². The maximum absolute atomic E-state index is 12.8. The summed E-state index contributed by atoms with van der Waals surface area (Å²) in [7, 11) is 0. The highest BCUT2D eigenvalue weighted by Crippen LogP contribution is 2.53. The Labute approximate surface area is 609 Å². The van der Waals surface area contributed by atoms with Crippen LogP contribution in [0.4, 0.5) is 13.2 Å². The number of halogens is 3. The minimum atomic E-state index is -4.60. The van der Waals surface area contributed by atoms with Gasteiger partial charge in [0.1, 0.15) is 42.7 Å². The van der Waals surface area contributed by atoms with E-state index in [0.29, 0.717) is 30.6 Å². The maximum atomic E-state index is 12.8. The van der Waals surface area contributed by atoms with Gasteiger partial charge >= 0.3 is 48.0 Å². The molecular weight excluding hydrogens is 1310 g/mol. The van der Waals surface area contributed by atoms with Gasteiger partial charge in [-0.05, 0) is 207 Å². The van der Waals surface area contributed by atoms with Gasteiger partial charge in [0.25, 0.3) is 0 Å². The normalized spacial score (nSPS) is 21.2. The lowest BCUT2D eigenvalue weighted by Crippen LogP contribution is -2.44. The van der Waals surface area contributed by atoms with E-state index in [2.05, 4.69) is 55.8 Å². The molecule has 0 spiro atoms. The van der Waals surface area contributed by atoms with Crippen molar-refractivity contribution >= 4 is 41.8 Å². The standard InChI is InChI=1S/C16H25F3O3.C15H28O2.2C14H26O2.3C7H14O3/c1-4-9(2)14(20)22-13-7-10-5-11(13)6-12(10)8-15(3,21)16(17,18)19;1-6-14(2,3)13(16)17-15(4,5)12-10-8-7-9-11-12;2*1-5-11(2)13(15)16-14(3,4)12-9-7-6-8-10-12;3*1-3-6(2)7(9)10-5-4-8/h9-13,21H,4-8H2,1-3H3;12H,6-11H2,1-5H3;2*11-12H,5-10H2,1-4H3;3*6,8H,3-5H2,1-2H3. The molecule has 101 heavy (non-hydrogen) atoms. The summed E-state index contributed by atoms with van der Waals surface area (Å²) in [4.78, 5) is 80.0. The summed E-state index contributed by atoms with van der Waals surface area (Å²) in [6.07, 6.45) is 21.6. The zero-order chi connectivity index (χ0) is 78.1. The van der Waals surface area contributed by atoms with Gasteiger partial charge in [-0.15, -0.1) is 0 Å². The first-order valence-corrected chi connectivity index (χ1v) is 39.0. The first-order valence-electron chi connectivity index (χ1n) is 39.0. The van der Waals surface area contributed by atoms with Crippen molar-refractivity contribution in [2.45, 2.75) is 354 Å². The molecule has 5 rings (SSSR count). The third kappa shape index (κ3) is 38.7. The molecule has 0 aromatic carbocycles. The Hall–Kier alpha value is -4.08. The van der Waals surface area contributed by atoms with E-state index in [4.69, 9.17) is 34.3 Å². The van der Waals surface area contributed by atoms with Crippen molar-refractivity contribution < 1.29 is 100 Å². The third-order valence-electron chi connectivity index (χ3n) is 21.9. The second-order valence-electron chi connectivity index (χ2n) is 31.8. The number of carbonyl (C=O) groups excluding carboxylic acids is 7. The van der Waals surface area contributed by atoms with Gasteiger partial charge < -0.3 is 53.6 Å². The molecule has 2 bridgehead atoms. The van der Waals surface area contributed by atoms with Crippen LogP contribution in [0, 0.1) is 76.4 Å². The predicted octanol–water partition coefficient (Wildman–Crippen LogP) is 17.6. The summed E-state index contributed by atoms with van der Waals surface area (Å²) < 4.78 is 75.0. The van der Waals surface area contributed by atoms with Crippen LogP contribution in [-0.2, 0) is 66.7 Å². The molecule has 11 atom stereocenters. The zero-order valence-electron chi connectivity index (χ0n) is 67.3. The monoisotopic (exact) mass is 1450 g/mol. The van der Waals surface area contributed by atoms with Crippen LogP contribution in [0.2, 0.25) is 0 Å². The topological polar surface area (TPSA) is 265 Å². The lowest BCUT2D eigenvalue weighted by Gasteiger charge is -2.38. The number of hydrogen-bond acceptors (Lipinski definition) is 18. The van der Waals surface area contributed by atoms with E-state index in [-0.39, 0.29) is 169 Å². The average molecular weight is 1450 g/mol. The molecular formula is C80H147F3O18. The summed E-state index contributed by atoms with van der Waals surface area (Å²) in [5, 5.41) is 34.5. The summed E-state index contributed by atoms with van der Waals surface area (Å²) in [6.45, 7) is 42.2. The number of esters is 7. The number of carbonyl (C=O) groups is 7. The fourth-order valence-electron chi connectivity index (χ4n) is 12.4. The Morgan fingerprint density at radius 2 is 0.683 bits per heavy atom. The Bertz CT molecular complexity index is 2170. The molecule has 5 aliphatic rings. The highest BCUT2D eigenvalue weighted by atomic mass is 19.4. The van der Waals surface area contributed by atoms with Crippen LogP contribution < -0.4 is 0 Å². The van der Waals surface area contributed by atoms with Gasteiger partial charge in [-0.25, -0.2) is 0 Å². The van der Waals surface area contributed by atoms with Gasteiger partial charge in [-0.2, -0.15) is 13.2 Å². The Morgan fingerprint density at radius 1 is 0.396 bits per heavy atom. The number of rotatable bonds is 29. The first kappa shape index (κ1) is 99.0. The molecule has 4 N–H and O–H groups in total. The van der Waals surface area contributed by atoms with Crippen LogP contribution in [0.5, 0.6) is 0 Å². The number of aliphatic hydroxyl groups is 4. The number of fused-ring (bicyclic) bond motifs is 2. The SMILES string of the molecule is CCC(C)(C)C(=O)OC(C)(C)C1CCCCC1.CCC(C)C(=O)OC(C)(C)C1CCCCC1.CCC(C)C(=O)OC(C)(C)C1CCCCC1.CCC(C)C(=O)OC1CC2CC1CC2CC(C)(O)C(F)(F)F.CCC(C)C(=O)OCCO.CCC(C)C(=O)OCCO.CCC(C)C(=O)OCCO. The van der Waals surface area contributed by atoms with Crippen molar-refractivity contribution in [3.63, 3.8) is 0 Å². The number of alkyl halides is 3. The van der Waals surface area contributed by atoms with Crippen LogP contribution in [0.1, 0.15) is 319 Å². The molecule has 0 radical (unpaired) electrons. The van der Waals surface area contributed by atoms with E-state index in [1.807, 2.05) is 83.1 Å². The lowest BCUT2D eigenvalue weighted by atomic mass is 9.78. The molecule has 21 heteroatoms. The Balaban J connectivity index is 0. The van der Waals surface area contributed by atoms with Gasteiger partial charge in [0.15, 0.2) is 5.60 Å². The summed E-state index contributed by atoms with van der Waals surface area (Å²) in [5.41, 5.74) is -3.84. The molecule has 5 aliphatic carbocycles. The third-order valence-corrected chi connectivity index (χ3v) is 21.9. The second-order valence-corrected chi connectivity index (χ2v) is 31.8. The quantitative estimate of drug-likeness (QED) is 0.0400. The fourth-order valence-corrected chi connectivity index (χ4v) is 12.4. The van der Waals surface area contributed by atoms with Crippen LogP contribution in [0.25, 0.3) is 0 Å². The van der Waals surface area contributed by atoms with E-state index < -0.39 is 11.8 Å². The molecule has 11 unspecified atom stereocenters. The van der Waals surface area contributed by atoms with Gasteiger partial charge in [-0.1, -0.05) is 148 Å². The average Bonchev–Trinajstić information content (AvgIpc) is 1.65. The number of hydrogen-bond donors (Lipinski definition) is 4. The van der Waals surface area contributed by atoms with Gasteiger partial charge in [0.05, 0.1) is 60.7 Å². The smallest absolute Gasteiger partial charge is 0.416 e. The molecule has 0 aromatic heterocycles. The molecule has 0 aromatic rings. The van der Waals surface area contributed by atoms with E-state index in [9.17, 15) is 51.8 Å². The van der Waals surface area contributed by atoms with Crippen molar-refractivity contribution in [2.75, 3.05) is 39.6 Å². The molecule has 5 fully saturated rings. The van der Waals surface area contributed by atoms with E-state index in [0.717, 1.165) is 58.3 Å². The summed E-state index contributed by atoms with van der Waals surface area (Å²) in [6, 6.07) is 0. The predicted molar refractivity (Wildman–Crippen MR) is 391 cm³/mol. The maximum Gasteiger partial charge on any atom is 0.416 e. The number of ether oxygens (including phenoxy) is 7.